The molecule has 1 aromatic carbocycles. The summed E-state index contributed by atoms with van der Waals surface area (Å²) >= 11 is 2.14. The molecular weight excluding hydrogens is 318 g/mol. The minimum absolute atomic E-state index is 0.115. The molecule has 0 aromatic heterocycles. The number of nitrogens with zero attached hydrogens (tertiary/aromatic N) is 2. The molecule has 0 amide bonds. The standard InChI is InChI=1S/C12H12FIN2/c13-10-5-8(14)6-11-9(10)7-16-4-2-1-3-12(16)15-11/h5-6H,1-4,7H2. The SMILES string of the molecule is Fc1cc(I)cc2c1CN1CCCCC1=N2. The molecule has 84 valence electrons. The molecular formula is C12H12FIN2. The molecule has 2 nitrogen and oxygen atoms in total. The topological polar surface area (TPSA) is 15.6 Å². The molecule has 2 aliphatic rings. The van der Waals surface area contributed by atoms with Crippen molar-refractivity contribution < 1.29 is 4.39 Å². The van der Waals surface area contributed by atoms with Crippen LogP contribution in [0.1, 0.15) is 24.8 Å². The molecule has 0 atom stereocenters. The summed E-state index contributed by atoms with van der Waals surface area (Å²) in [7, 11) is 0. The Morgan fingerprint density at radius 2 is 2.19 bits per heavy atom. The van der Waals surface area contributed by atoms with Crippen molar-refractivity contribution in [1.29, 1.82) is 0 Å². The van der Waals surface area contributed by atoms with Crippen LogP contribution >= 0.6 is 22.6 Å². The molecule has 1 fully saturated rings. The number of rotatable bonds is 0. The second-order valence-electron chi connectivity index (χ2n) is 4.29. The van der Waals surface area contributed by atoms with E-state index in [0.717, 1.165) is 33.6 Å². The zero-order valence-corrected chi connectivity index (χ0v) is 11.0. The number of amidine groups is 1. The van der Waals surface area contributed by atoms with Gasteiger partial charge in [-0.25, -0.2) is 9.38 Å². The van der Waals surface area contributed by atoms with Gasteiger partial charge >= 0.3 is 0 Å². The molecule has 16 heavy (non-hydrogen) atoms. The molecule has 0 spiro atoms. The van der Waals surface area contributed by atoms with Crippen LogP contribution in [0.4, 0.5) is 10.1 Å². The Kier molecular flexibility index (Phi) is 2.61. The molecule has 2 aliphatic heterocycles. The third-order valence-electron chi connectivity index (χ3n) is 3.18. The van der Waals surface area contributed by atoms with Crippen molar-refractivity contribution in [2.45, 2.75) is 25.8 Å². The fourth-order valence-electron chi connectivity index (χ4n) is 2.35. The highest BCUT2D eigenvalue weighted by Crippen LogP contribution is 2.32. The van der Waals surface area contributed by atoms with E-state index < -0.39 is 0 Å². The number of hydrogen-bond donors (Lipinski definition) is 0. The van der Waals surface area contributed by atoms with Crippen LogP contribution in [0, 0.1) is 9.39 Å². The van der Waals surface area contributed by atoms with Gasteiger partial charge in [-0.2, -0.15) is 0 Å². The van der Waals surface area contributed by atoms with Crippen molar-refractivity contribution >= 4 is 34.1 Å². The first-order valence-electron chi connectivity index (χ1n) is 5.54. The predicted molar refractivity (Wildman–Crippen MR) is 70.5 cm³/mol. The first kappa shape index (κ1) is 10.5. The smallest absolute Gasteiger partial charge is 0.131 e. The quantitative estimate of drug-likeness (QED) is 0.665. The summed E-state index contributed by atoms with van der Waals surface area (Å²) in [6.45, 7) is 1.71. The monoisotopic (exact) mass is 330 g/mol. The maximum atomic E-state index is 13.8. The molecule has 0 aliphatic carbocycles. The number of halogens is 2. The van der Waals surface area contributed by atoms with E-state index in [1.165, 1.54) is 12.8 Å². The normalized spacial score (nSPS) is 18.9. The van der Waals surface area contributed by atoms with Gasteiger partial charge in [0, 0.05) is 28.6 Å². The number of hydrogen-bond acceptors (Lipinski definition) is 2. The van der Waals surface area contributed by atoms with Crippen LogP contribution < -0.4 is 0 Å². The number of fused-ring (bicyclic) bond motifs is 2. The van der Waals surface area contributed by atoms with E-state index in [4.69, 9.17) is 0 Å². The van der Waals surface area contributed by atoms with E-state index in [-0.39, 0.29) is 5.82 Å². The van der Waals surface area contributed by atoms with Gasteiger partial charge < -0.3 is 4.90 Å². The highest BCUT2D eigenvalue weighted by Gasteiger charge is 2.24. The molecule has 1 aromatic rings. The minimum Gasteiger partial charge on any atom is -0.356 e. The lowest BCUT2D eigenvalue weighted by Crippen LogP contribution is -2.37. The summed E-state index contributed by atoms with van der Waals surface area (Å²) in [4.78, 5) is 6.80. The zero-order valence-electron chi connectivity index (χ0n) is 8.84. The second-order valence-corrected chi connectivity index (χ2v) is 5.54. The van der Waals surface area contributed by atoms with E-state index in [2.05, 4.69) is 32.5 Å². The van der Waals surface area contributed by atoms with Crippen molar-refractivity contribution in [3.8, 4) is 0 Å². The minimum atomic E-state index is -0.115. The van der Waals surface area contributed by atoms with Crippen molar-refractivity contribution in [3.63, 3.8) is 0 Å². The lowest BCUT2D eigenvalue weighted by molar-refractivity contribution is 0.352. The van der Waals surface area contributed by atoms with Crippen molar-refractivity contribution in [2.75, 3.05) is 6.54 Å². The summed E-state index contributed by atoms with van der Waals surface area (Å²) in [6.07, 6.45) is 3.43. The molecule has 0 radical (unpaired) electrons. The highest BCUT2D eigenvalue weighted by atomic mass is 127. The Labute approximate surface area is 108 Å². The molecule has 0 bridgehead atoms. The van der Waals surface area contributed by atoms with Gasteiger partial charge in [0.05, 0.1) is 5.69 Å². The Morgan fingerprint density at radius 3 is 3.06 bits per heavy atom. The van der Waals surface area contributed by atoms with Crippen LogP contribution in [0.25, 0.3) is 0 Å². The van der Waals surface area contributed by atoms with Gasteiger partial charge in [-0.3, -0.25) is 0 Å². The number of benzene rings is 1. The molecule has 4 heteroatoms. The molecule has 0 unspecified atom stereocenters. The van der Waals surface area contributed by atoms with Gasteiger partial charge in [0.25, 0.3) is 0 Å². The van der Waals surface area contributed by atoms with Crippen LogP contribution in [-0.2, 0) is 6.54 Å². The Hall–Kier alpha value is -0.650. The van der Waals surface area contributed by atoms with Gasteiger partial charge in [-0.1, -0.05) is 0 Å². The third kappa shape index (κ3) is 1.73. The maximum Gasteiger partial charge on any atom is 0.131 e. The van der Waals surface area contributed by atoms with Crippen molar-refractivity contribution in [2.24, 2.45) is 4.99 Å². The number of aliphatic imine (C=N–C) groups is 1. The predicted octanol–water partition coefficient (Wildman–Crippen LogP) is 3.46. The third-order valence-corrected chi connectivity index (χ3v) is 3.80. The van der Waals surface area contributed by atoms with Crippen LogP contribution in [0.15, 0.2) is 17.1 Å². The van der Waals surface area contributed by atoms with E-state index in [0.29, 0.717) is 6.54 Å². The Morgan fingerprint density at radius 1 is 1.31 bits per heavy atom. The molecule has 0 N–H and O–H groups in total. The highest BCUT2D eigenvalue weighted by molar-refractivity contribution is 14.1. The van der Waals surface area contributed by atoms with E-state index in [9.17, 15) is 4.39 Å². The van der Waals surface area contributed by atoms with Gasteiger partial charge in [0.1, 0.15) is 11.7 Å². The van der Waals surface area contributed by atoms with E-state index in [1.54, 1.807) is 6.07 Å². The van der Waals surface area contributed by atoms with Crippen LogP contribution in [0.3, 0.4) is 0 Å². The van der Waals surface area contributed by atoms with Crippen molar-refractivity contribution in [3.05, 3.63) is 27.1 Å². The lowest BCUT2D eigenvalue weighted by atomic mass is 10.0. The Balaban J connectivity index is 2.09. The zero-order chi connectivity index (χ0) is 11.1. The average Bonchev–Trinajstić information content (AvgIpc) is 2.27. The molecule has 1 saturated heterocycles. The van der Waals surface area contributed by atoms with Gasteiger partial charge in [0.15, 0.2) is 0 Å². The maximum absolute atomic E-state index is 13.8. The van der Waals surface area contributed by atoms with Crippen molar-refractivity contribution in [1.82, 2.24) is 4.90 Å². The van der Waals surface area contributed by atoms with Gasteiger partial charge in [0.2, 0.25) is 0 Å². The fraction of sp³-hybridized carbons (Fsp3) is 0.417. The average molecular weight is 330 g/mol. The first-order valence-corrected chi connectivity index (χ1v) is 6.62. The summed E-state index contributed by atoms with van der Waals surface area (Å²) in [5.41, 5.74) is 1.59. The van der Waals surface area contributed by atoms with Gasteiger partial charge in [-0.05, 0) is 47.6 Å². The van der Waals surface area contributed by atoms with Crippen LogP contribution in [0.2, 0.25) is 0 Å². The fourth-order valence-corrected chi connectivity index (χ4v) is 2.91. The van der Waals surface area contributed by atoms with Gasteiger partial charge in [-0.15, -0.1) is 0 Å². The summed E-state index contributed by atoms with van der Waals surface area (Å²) in [5, 5.41) is 0. The molecule has 3 rings (SSSR count). The molecule has 2 heterocycles. The summed E-state index contributed by atoms with van der Waals surface area (Å²) in [5.74, 6) is 1.02. The lowest BCUT2D eigenvalue weighted by Gasteiger charge is -2.34. The van der Waals surface area contributed by atoms with Crippen LogP contribution in [0.5, 0.6) is 0 Å². The summed E-state index contributed by atoms with van der Waals surface area (Å²) < 4.78 is 14.7. The van der Waals surface area contributed by atoms with E-state index in [1.807, 2.05) is 6.07 Å². The second kappa shape index (κ2) is 3.98. The van der Waals surface area contributed by atoms with E-state index >= 15 is 0 Å². The first-order chi connectivity index (χ1) is 7.74. The number of piperidine rings is 1. The Bertz CT molecular complexity index is 470. The van der Waals surface area contributed by atoms with Crippen LogP contribution in [-0.4, -0.2) is 17.3 Å². The largest absolute Gasteiger partial charge is 0.356 e. The summed E-state index contributed by atoms with van der Waals surface area (Å²) in [6, 6.07) is 3.56. The molecule has 0 saturated carbocycles.